The first-order valence-corrected chi connectivity index (χ1v) is 9.87. The van der Waals surface area contributed by atoms with E-state index in [0.717, 1.165) is 51.9 Å². The Morgan fingerprint density at radius 3 is 2.27 bits per heavy atom. The molecule has 0 aliphatic carbocycles. The lowest BCUT2D eigenvalue weighted by atomic mass is 9.94. The van der Waals surface area contributed by atoms with Crippen LogP contribution < -0.4 is 0 Å². The summed E-state index contributed by atoms with van der Waals surface area (Å²) >= 11 is 0. The SMILES string of the molecule is CO[Si](CCCN=CC(C)(C)CN1CCOCC1)(OC)OC. The van der Waals surface area contributed by atoms with Gasteiger partial charge in [0.05, 0.1) is 13.2 Å². The lowest BCUT2D eigenvalue weighted by Gasteiger charge is -2.32. The highest BCUT2D eigenvalue weighted by atomic mass is 28.4. The van der Waals surface area contributed by atoms with E-state index in [-0.39, 0.29) is 5.41 Å². The van der Waals surface area contributed by atoms with E-state index in [1.54, 1.807) is 21.3 Å². The van der Waals surface area contributed by atoms with Crippen LogP contribution in [0.1, 0.15) is 20.3 Å². The molecule has 1 rings (SSSR count). The van der Waals surface area contributed by atoms with Crippen molar-refractivity contribution < 1.29 is 18.0 Å². The fourth-order valence-electron chi connectivity index (χ4n) is 2.63. The van der Waals surface area contributed by atoms with E-state index in [9.17, 15) is 0 Å². The van der Waals surface area contributed by atoms with Gasteiger partial charge in [0.25, 0.3) is 0 Å². The van der Waals surface area contributed by atoms with Gasteiger partial charge in [-0.25, -0.2) is 0 Å². The van der Waals surface area contributed by atoms with Gasteiger partial charge in [-0.05, 0) is 6.42 Å². The molecule has 0 spiro atoms. The van der Waals surface area contributed by atoms with Gasteiger partial charge >= 0.3 is 8.80 Å². The van der Waals surface area contributed by atoms with Crippen molar-refractivity contribution >= 4 is 15.0 Å². The zero-order valence-electron chi connectivity index (χ0n) is 14.8. The molecule has 1 aliphatic heterocycles. The second-order valence-electron chi connectivity index (χ2n) is 6.31. The third-order valence-electron chi connectivity index (χ3n) is 3.88. The Hall–Kier alpha value is -0.313. The number of hydrogen-bond acceptors (Lipinski definition) is 6. The molecule has 0 atom stereocenters. The highest BCUT2D eigenvalue weighted by Gasteiger charge is 2.36. The minimum Gasteiger partial charge on any atom is -0.379 e. The van der Waals surface area contributed by atoms with Gasteiger partial charge in [-0.15, -0.1) is 0 Å². The Morgan fingerprint density at radius 1 is 1.14 bits per heavy atom. The Kier molecular flexibility index (Phi) is 8.74. The van der Waals surface area contributed by atoms with Crippen LogP contribution in [0, 0.1) is 5.41 Å². The molecule has 1 fully saturated rings. The standard InChI is InChI=1S/C15H32N2O4Si/c1-15(2,14-17-8-10-21-11-9-17)13-16-7-6-12-22(18-3,19-4)20-5/h13H,6-12,14H2,1-5H3. The number of hydrogen-bond donors (Lipinski definition) is 0. The maximum absolute atomic E-state index is 5.41. The van der Waals surface area contributed by atoms with Crippen LogP contribution in [0.2, 0.25) is 6.04 Å². The monoisotopic (exact) mass is 332 g/mol. The second kappa shape index (κ2) is 9.74. The van der Waals surface area contributed by atoms with Crippen molar-refractivity contribution in [3.05, 3.63) is 0 Å². The summed E-state index contributed by atoms with van der Waals surface area (Å²) in [5.41, 5.74) is 0.0790. The van der Waals surface area contributed by atoms with E-state index in [1.807, 2.05) is 0 Å². The van der Waals surface area contributed by atoms with Crippen LogP contribution in [0.15, 0.2) is 4.99 Å². The van der Waals surface area contributed by atoms with Crippen molar-refractivity contribution in [1.29, 1.82) is 0 Å². The van der Waals surface area contributed by atoms with Crippen LogP contribution in [-0.4, -0.2) is 80.6 Å². The Bertz CT molecular complexity index is 321. The van der Waals surface area contributed by atoms with Crippen molar-refractivity contribution in [3.8, 4) is 0 Å². The third-order valence-corrected chi connectivity index (χ3v) is 6.71. The molecule has 0 aromatic rings. The van der Waals surface area contributed by atoms with E-state index < -0.39 is 8.80 Å². The zero-order chi connectivity index (χ0) is 16.5. The molecule has 1 heterocycles. The maximum Gasteiger partial charge on any atom is 0.500 e. The van der Waals surface area contributed by atoms with Gasteiger partial charge in [0.2, 0.25) is 0 Å². The second-order valence-corrected chi connectivity index (χ2v) is 9.40. The molecule has 0 saturated carbocycles. The van der Waals surface area contributed by atoms with Crippen molar-refractivity contribution in [3.63, 3.8) is 0 Å². The quantitative estimate of drug-likeness (QED) is 0.346. The summed E-state index contributed by atoms with van der Waals surface area (Å²) in [6.07, 6.45) is 2.99. The van der Waals surface area contributed by atoms with Gasteiger partial charge in [-0.3, -0.25) is 9.89 Å². The Balaban J connectivity index is 2.31. The van der Waals surface area contributed by atoms with Crippen molar-refractivity contribution in [2.24, 2.45) is 10.4 Å². The number of aliphatic imine (C=N–C) groups is 1. The molecule has 0 bridgehead atoms. The van der Waals surface area contributed by atoms with Crippen LogP contribution in [-0.2, 0) is 18.0 Å². The summed E-state index contributed by atoms with van der Waals surface area (Å²) in [5.74, 6) is 0. The molecule has 22 heavy (non-hydrogen) atoms. The van der Waals surface area contributed by atoms with Gasteiger partial charge in [0, 0.05) is 65.2 Å². The predicted octanol–water partition coefficient (Wildman–Crippen LogP) is 1.68. The summed E-state index contributed by atoms with van der Waals surface area (Å²) in [7, 11) is 2.50. The van der Waals surface area contributed by atoms with E-state index in [0.29, 0.717) is 0 Å². The molecule has 0 aromatic heterocycles. The third kappa shape index (κ3) is 6.85. The smallest absolute Gasteiger partial charge is 0.379 e. The van der Waals surface area contributed by atoms with Crippen LogP contribution in [0.5, 0.6) is 0 Å². The summed E-state index contributed by atoms with van der Waals surface area (Å²) in [4.78, 5) is 7.03. The largest absolute Gasteiger partial charge is 0.500 e. The molecule has 0 unspecified atom stereocenters. The predicted molar refractivity (Wildman–Crippen MR) is 90.6 cm³/mol. The molecule has 0 radical (unpaired) electrons. The minimum absolute atomic E-state index is 0.0790. The van der Waals surface area contributed by atoms with E-state index >= 15 is 0 Å². The van der Waals surface area contributed by atoms with Gasteiger partial charge in [-0.1, -0.05) is 13.8 Å². The first-order valence-electron chi connectivity index (χ1n) is 7.93. The van der Waals surface area contributed by atoms with Crippen LogP contribution >= 0.6 is 0 Å². The molecular weight excluding hydrogens is 300 g/mol. The molecule has 130 valence electrons. The van der Waals surface area contributed by atoms with E-state index in [2.05, 4.69) is 30.0 Å². The minimum atomic E-state index is -2.44. The number of morpholine rings is 1. The molecule has 0 N–H and O–H groups in total. The van der Waals surface area contributed by atoms with Crippen LogP contribution in [0.25, 0.3) is 0 Å². The van der Waals surface area contributed by atoms with Crippen molar-refractivity contribution in [2.75, 3.05) is 60.7 Å². The lowest BCUT2D eigenvalue weighted by Crippen LogP contribution is -2.43. The van der Waals surface area contributed by atoms with Crippen LogP contribution in [0.3, 0.4) is 0 Å². The molecule has 0 aromatic carbocycles. The van der Waals surface area contributed by atoms with E-state index in [1.165, 1.54) is 0 Å². The van der Waals surface area contributed by atoms with Gasteiger partial charge in [-0.2, -0.15) is 0 Å². The maximum atomic E-state index is 5.41. The first-order chi connectivity index (χ1) is 10.5. The Labute approximate surface area is 136 Å². The van der Waals surface area contributed by atoms with Gasteiger partial charge < -0.3 is 18.0 Å². The fraction of sp³-hybridized carbons (Fsp3) is 0.933. The summed E-state index contributed by atoms with van der Waals surface area (Å²) in [5, 5.41) is 0. The summed E-state index contributed by atoms with van der Waals surface area (Å²) < 4.78 is 21.6. The van der Waals surface area contributed by atoms with Crippen molar-refractivity contribution in [2.45, 2.75) is 26.3 Å². The Morgan fingerprint density at radius 2 is 1.73 bits per heavy atom. The lowest BCUT2D eigenvalue weighted by molar-refractivity contribution is 0.0290. The number of ether oxygens (including phenoxy) is 1. The normalized spacial score (nSPS) is 18.2. The molecule has 6 nitrogen and oxygen atoms in total. The average molecular weight is 333 g/mol. The molecular formula is C15H32N2O4Si. The molecule has 1 aliphatic rings. The first kappa shape index (κ1) is 19.7. The molecule has 7 heteroatoms. The van der Waals surface area contributed by atoms with Crippen molar-refractivity contribution in [1.82, 2.24) is 4.90 Å². The van der Waals surface area contributed by atoms with Gasteiger partial charge in [0.1, 0.15) is 0 Å². The number of nitrogens with zero attached hydrogens (tertiary/aromatic N) is 2. The topological polar surface area (TPSA) is 52.5 Å². The summed E-state index contributed by atoms with van der Waals surface area (Å²) in [6, 6.07) is 0.789. The van der Waals surface area contributed by atoms with Gasteiger partial charge in [0.15, 0.2) is 0 Å². The summed E-state index contributed by atoms with van der Waals surface area (Å²) in [6.45, 7) is 9.96. The highest BCUT2D eigenvalue weighted by Crippen LogP contribution is 2.17. The molecule has 1 saturated heterocycles. The molecule has 0 amide bonds. The van der Waals surface area contributed by atoms with E-state index in [4.69, 9.17) is 18.0 Å². The van der Waals surface area contributed by atoms with Crippen LogP contribution in [0.4, 0.5) is 0 Å². The number of rotatable bonds is 10. The highest BCUT2D eigenvalue weighted by molar-refractivity contribution is 6.60. The fourth-order valence-corrected chi connectivity index (χ4v) is 4.33. The zero-order valence-corrected chi connectivity index (χ0v) is 15.8. The average Bonchev–Trinajstić information content (AvgIpc) is 2.52.